The predicted molar refractivity (Wildman–Crippen MR) is 163 cm³/mol. The van der Waals surface area contributed by atoms with Crippen molar-refractivity contribution in [2.45, 2.75) is 46.2 Å². The lowest BCUT2D eigenvalue weighted by atomic mass is 9.97. The summed E-state index contributed by atoms with van der Waals surface area (Å²) >= 11 is 1.47. The zero-order valence-electron chi connectivity index (χ0n) is 25.0. The summed E-state index contributed by atoms with van der Waals surface area (Å²) in [4.78, 5) is 51.5. The van der Waals surface area contributed by atoms with Gasteiger partial charge in [-0.1, -0.05) is 20.8 Å². The van der Waals surface area contributed by atoms with Crippen LogP contribution in [0.4, 0.5) is 0 Å². The number of hydrogen-bond donors (Lipinski definition) is 0. The topological polar surface area (TPSA) is 124 Å². The van der Waals surface area contributed by atoms with Gasteiger partial charge in [0, 0.05) is 45.4 Å². The molecule has 11 heteroatoms. The van der Waals surface area contributed by atoms with Crippen molar-refractivity contribution in [2.24, 2.45) is 0 Å². The van der Waals surface area contributed by atoms with Crippen molar-refractivity contribution in [3.05, 3.63) is 77.9 Å². The van der Waals surface area contributed by atoms with E-state index < -0.39 is 24.1 Å². The van der Waals surface area contributed by atoms with E-state index in [2.05, 4.69) is 0 Å². The number of carbonyl (C=O) groups excluding carboxylic acids is 4. The largest absolute Gasteiger partial charge is 0.617 e. The first kappa shape index (κ1) is 32.0. The maximum absolute atomic E-state index is 14.0. The molecule has 0 aliphatic carbocycles. The van der Waals surface area contributed by atoms with Crippen LogP contribution in [-0.4, -0.2) is 44.1 Å². The zero-order chi connectivity index (χ0) is 31.9. The number of thiophene rings is 1. The Bertz CT molecular complexity index is 1610. The number of esters is 3. The van der Waals surface area contributed by atoms with Gasteiger partial charge in [0.05, 0.1) is 14.2 Å². The molecule has 0 aliphatic rings. The van der Waals surface area contributed by atoms with Crippen LogP contribution >= 0.6 is 11.3 Å². The number of benzene rings is 3. The first-order valence-electron chi connectivity index (χ1n) is 13.9. The Morgan fingerprint density at radius 1 is 0.659 bits per heavy atom. The van der Waals surface area contributed by atoms with E-state index in [-0.39, 0.29) is 30.8 Å². The Labute approximate surface area is 258 Å². The Balaban J connectivity index is 1.73. The Morgan fingerprint density at radius 3 is 1.66 bits per heavy atom. The van der Waals surface area contributed by atoms with E-state index in [1.165, 1.54) is 56.4 Å². The third-order valence-corrected chi connectivity index (χ3v) is 7.62. The van der Waals surface area contributed by atoms with Crippen LogP contribution in [0.2, 0.25) is 0 Å². The monoisotopic (exact) mass is 620 g/mol. The average molecular weight is 621 g/mol. The normalized spacial score (nSPS) is 11.0. The lowest BCUT2D eigenvalue weighted by molar-refractivity contribution is -0.418. The summed E-state index contributed by atoms with van der Waals surface area (Å²) in [5.41, 5.74) is 1.67. The molecular weight excluding hydrogens is 588 g/mol. The van der Waals surface area contributed by atoms with Gasteiger partial charge in [-0.15, -0.1) is 11.3 Å². The lowest BCUT2D eigenvalue weighted by Crippen LogP contribution is -2.49. The van der Waals surface area contributed by atoms with Crippen molar-refractivity contribution in [2.75, 3.05) is 14.2 Å². The first-order chi connectivity index (χ1) is 21.1. The maximum Gasteiger partial charge on any atom is 0.617 e. The maximum atomic E-state index is 14.0. The molecule has 0 aliphatic heterocycles. The van der Waals surface area contributed by atoms with Gasteiger partial charge in [-0.05, 0) is 72.3 Å². The predicted octanol–water partition coefficient (Wildman–Crippen LogP) is 6.67. The molecular formula is C33H32O10S. The van der Waals surface area contributed by atoms with Crippen molar-refractivity contribution < 1.29 is 47.6 Å². The molecule has 0 N–H and O–H groups in total. The molecule has 4 rings (SSSR count). The molecule has 1 aromatic heterocycles. The number of carbonyl (C=O) groups is 4. The summed E-state index contributed by atoms with van der Waals surface area (Å²) in [6.07, 6.45) is -3.10. The number of fused-ring (bicyclic) bond motifs is 1. The van der Waals surface area contributed by atoms with Crippen LogP contribution in [-0.2, 0) is 28.6 Å². The second kappa shape index (κ2) is 14.0. The van der Waals surface area contributed by atoms with Crippen molar-refractivity contribution >= 4 is 45.1 Å². The van der Waals surface area contributed by atoms with Gasteiger partial charge in [-0.25, -0.2) is 0 Å². The van der Waals surface area contributed by atoms with Crippen LogP contribution in [0.25, 0.3) is 20.5 Å². The highest BCUT2D eigenvalue weighted by molar-refractivity contribution is 7.22. The quantitative estimate of drug-likeness (QED) is 0.0910. The molecule has 0 saturated carbocycles. The molecule has 0 unspecified atom stereocenters. The van der Waals surface area contributed by atoms with Gasteiger partial charge >= 0.3 is 24.1 Å². The highest BCUT2D eigenvalue weighted by Crippen LogP contribution is 2.42. The summed E-state index contributed by atoms with van der Waals surface area (Å²) < 4.78 is 32.8. The van der Waals surface area contributed by atoms with Gasteiger partial charge in [0.1, 0.15) is 17.2 Å². The van der Waals surface area contributed by atoms with Gasteiger partial charge in [0.2, 0.25) is 0 Å². The fourth-order valence-corrected chi connectivity index (χ4v) is 5.33. The van der Waals surface area contributed by atoms with Gasteiger partial charge in [0.25, 0.3) is 0 Å². The molecule has 1 heterocycles. The second-order valence-corrected chi connectivity index (χ2v) is 10.4. The Hall–Kier alpha value is -4.90. The molecule has 3 aromatic carbocycles. The number of ether oxygens (including phenoxy) is 6. The summed E-state index contributed by atoms with van der Waals surface area (Å²) in [6, 6.07) is 18.8. The SMILES string of the molecule is CCC(=O)OC(OC(=O)CC)(OC(=O)CC)Oc1ccc(C(=O)c2c(-c3ccc(OC)cc3)sc3cc(OC)ccc23)cc1. The highest BCUT2D eigenvalue weighted by atomic mass is 32.1. The van der Waals surface area contributed by atoms with Crippen LogP contribution in [0.1, 0.15) is 56.0 Å². The van der Waals surface area contributed by atoms with Crippen LogP contribution in [0.5, 0.6) is 17.2 Å². The summed E-state index contributed by atoms with van der Waals surface area (Å²) in [5, 5.41) is 0.760. The molecule has 4 aromatic rings. The summed E-state index contributed by atoms with van der Waals surface area (Å²) in [7, 11) is 3.17. The first-order valence-corrected chi connectivity index (χ1v) is 14.7. The molecule has 0 bridgehead atoms. The van der Waals surface area contributed by atoms with Gasteiger partial charge < -0.3 is 28.4 Å². The standard InChI is InChI=1S/C33H32O10S/c1-6-27(34)41-33(42-28(35)7-2,43-29(36)8-3)40-23-15-9-20(10-16-23)31(37)30-25-18-17-24(39-5)19-26(25)44-32(30)21-11-13-22(38-4)14-12-21/h9-19H,6-8H2,1-5H3. The molecule has 10 nitrogen and oxygen atoms in total. The number of ketones is 1. The molecule has 0 atom stereocenters. The van der Waals surface area contributed by atoms with Gasteiger partial charge in [-0.3, -0.25) is 19.2 Å². The summed E-state index contributed by atoms with van der Waals surface area (Å²) in [5.74, 6) is -1.40. The van der Waals surface area contributed by atoms with Crippen LogP contribution in [0.3, 0.4) is 0 Å². The van der Waals surface area contributed by atoms with E-state index in [0.717, 1.165) is 20.5 Å². The number of methoxy groups -OCH3 is 2. The fourth-order valence-electron chi connectivity index (χ4n) is 4.10. The third-order valence-electron chi connectivity index (χ3n) is 6.42. The van der Waals surface area contributed by atoms with Crippen molar-refractivity contribution in [1.29, 1.82) is 0 Å². The average Bonchev–Trinajstić information content (AvgIpc) is 3.43. The van der Waals surface area contributed by atoms with Crippen molar-refractivity contribution in [1.82, 2.24) is 0 Å². The zero-order valence-corrected chi connectivity index (χ0v) is 25.8. The van der Waals surface area contributed by atoms with Crippen molar-refractivity contribution in [3.8, 4) is 27.7 Å². The molecule has 230 valence electrons. The van der Waals surface area contributed by atoms with E-state index in [1.807, 2.05) is 36.4 Å². The van der Waals surface area contributed by atoms with E-state index in [9.17, 15) is 19.2 Å². The molecule has 0 fully saturated rings. The minimum atomic E-state index is -2.77. The minimum Gasteiger partial charge on any atom is -0.497 e. The molecule has 0 spiro atoms. The fraction of sp³-hybridized carbons (Fsp3) is 0.273. The second-order valence-electron chi connectivity index (χ2n) is 9.34. The molecule has 0 amide bonds. The number of rotatable bonds is 13. The van der Waals surface area contributed by atoms with Crippen LogP contribution in [0, 0.1) is 0 Å². The van der Waals surface area contributed by atoms with Gasteiger partial charge in [-0.2, -0.15) is 0 Å². The Morgan fingerprint density at radius 2 is 1.16 bits per heavy atom. The Kier molecular flexibility index (Phi) is 10.2. The van der Waals surface area contributed by atoms with Gasteiger partial charge in [0.15, 0.2) is 5.78 Å². The van der Waals surface area contributed by atoms with E-state index in [1.54, 1.807) is 20.3 Å². The molecule has 0 radical (unpaired) electrons. The van der Waals surface area contributed by atoms with E-state index in [0.29, 0.717) is 22.6 Å². The van der Waals surface area contributed by atoms with Crippen LogP contribution < -0.4 is 14.2 Å². The van der Waals surface area contributed by atoms with E-state index in [4.69, 9.17) is 28.4 Å². The summed E-state index contributed by atoms with van der Waals surface area (Å²) in [6.45, 7) is 4.55. The van der Waals surface area contributed by atoms with E-state index >= 15 is 0 Å². The molecule has 44 heavy (non-hydrogen) atoms. The third kappa shape index (κ3) is 7.17. The number of hydrogen-bond acceptors (Lipinski definition) is 11. The van der Waals surface area contributed by atoms with Crippen molar-refractivity contribution in [3.63, 3.8) is 0 Å². The van der Waals surface area contributed by atoms with Crippen LogP contribution in [0.15, 0.2) is 66.7 Å². The smallest absolute Gasteiger partial charge is 0.497 e. The highest BCUT2D eigenvalue weighted by Gasteiger charge is 2.47. The molecule has 0 saturated heterocycles. The lowest BCUT2D eigenvalue weighted by Gasteiger charge is -2.29. The minimum absolute atomic E-state index is 0.00792.